The molecule has 3 rings (SSSR count). The standard InChI is InChI=1S/C21H27N5.C4H8/c1-3-15-26-19-12-5-4-10-17(19)25-20(26)13-6-7-14-23-21(22)18-11-8-9-16(2)24-18;1-4(2)3/h4-5,7,9-10,12,14H,3,6,8,11,13,15H2,1-2H3,(H2,22,23);1H2,2-3H3/b14-7-;. The highest BCUT2D eigenvalue weighted by Gasteiger charge is 2.09. The van der Waals surface area contributed by atoms with Gasteiger partial charge in [-0.2, -0.15) is 0 Å². The molecule has 1 aliphatic rings. The van der Waals surface area contributed by atoms with Crippen molar-refractivity contribution >= 4 is 22.6 Å². The van der Waals surface area contributed by atoms with Gasteiger partial charge in [0, 0.05) is 24.9 Å². The normalized spacial score (nSPS) is 14.3. The second-order valence-corrected chi connectivity index (χ2v) is 7.76. The largest absolute Gasteiger partial charge is 0.382 e. The molecule has 2 N–H and O–H groups in total. The van der Waals surface area contributed by atoms with E-state index in [1.165, 1.54) is 11.1 Å². The van der Waals surface area contributed by atoms with E-state index in [2.05, 4.69) is 58.4 Å². The zero-order chi connectivity index (χ0) is 21.9. The molecule has 0 amide bonds. The van der Waals surface area contributed by atoms with Crippen LogP contribution in [0.25, 0.3) is 11.0 Å². The molecule has 2 aromatic rings. The van der Waals surface area contributed by atoms with Crippen molar-refractivity contribution in [3.63, 3.8) is 0 Å². The molecule has 1 aliphatic heterocycles. The monoisotopic (exact) mass is 405 g/mol. The summed E-state index contributed by atoms with van der Waals surface area (Å²) >= 11 is 0. The molecule has 1 aromatic carbocycles. The molecule has 0 spiro atoms. The number of para-hydroxylation sites is 2. The van der Waals surface area contributed by atoms with E-state index in [1.807, 2.05) is 26.8 Å². The number of hydrogen-bond acceptors (Lipinski definition) is 3. The van der Waals surface area contributed by atoms with Crippen molar-refractivity contribution in [3.05, 3.63) is 66.3 Å². The molecule has 160 valence electrons. The van der Waals surface area contributed by atoms with Crippen LogP contribution in [0.2, 0.25) is 0 Å². The maximum absolute atomic E-state index is 6.04. The predicted octanol–water partition coefficient (Wildman–Crippen LogP) is 5.97. The van der Waals surface area contributed by atoms with Crippen molar-refractivity contribution in [3.8, 4) is 0 Å². The van der Waals surface area contributed by atoms with Gasteiger partial charge in [-0.15, -0.1) is 6.58 Å². The van der Waals surface area contributed by atoms with Gasteiger partial charge in [-0.25, -0.2) is 9.98 Å². The quantitative estimate of drug-likeness (QED) is 0.350. The first-order chi connectivity index (χ1) is 14.4. The molecule has 0 saturated heterocycles. The highest BCUT2D eigenvalue weighted by molar-refractivity contribution is 6.41. The Morgan fingerprint density at radius 3 is 2.73 bits per heavy atom. The average molecular weight is 406 g/mol. The first kappa shape index (κ1) is 23.3. The summed E-state index contributed by atoms with van der Waals surface area (Å²) in [5, 5.41) is 0. The Balaban J connectivity index is 0.000000735. The summed E-state index contributed by atoms with van der Waals surface area (Å²) in [6, 6.07) is 8.33. The number of allylic oxidation sites excluding steroid dienone is 4. The molecule has 2 heterocycles. The first-order valence-corrected chi connectivity index (χ1v) is 10.7. The zero-order valence-electron chi connectivity index (χ0n) is 18.9. The Bertz CT molecular complexity index is 969. The third-order valence-electron chi connectivity index (χ3n) is 4.46. The highest BCUT2D eigenvalue weighted by atomic mass is 15.1. The summed E-state index contributed by atoms with van der Waals surface area (Å²) in [5.74, 6) is 1.65. The molecule has 30 heavy (non-hydrogen) atoms. The second-order valence-electron chi connectivity index (χ2n) is 7.76. The van der Waals surface area contributed by atoms with E-state index in [1.54, 1.807) is 6.20 Å². The maximum atomic E-state index is 6.04. The van der Waals surface area contributed by atoms with Gasteiger partial charge in [0.05, 0.1) is 16.7 Å². The number of rotatable bonds is 7. The Morgan fingerprint density at radius 2 is 2.03 bits per heavy atom. The number of nitrogens with two attached hydrogens (primary N) is 1. The van der Waals surface area contributed by atoms with Gasteiger partial charge < -0.3 is 10.3 Å². The molecule has 5 heteroatoms. The number of imidazole rings is 1. The lowest BCUT2D eigenvalue weighted by Crippen LogP contribution is -2.24. The summed E-state index contributed by atoms with van der Waals surface area (Å²) in [5.41, 5.74) is 11.4. The van der Waals surface area contributed by atoms with E-state index in [4.69, 9.17) is 10.7 Å². The van der Waals surface area contributed by atoms with Crippen molar-refractivity contribution in [1.29, 1.82) is 0 Å². The molecule has 0 unspecified atom stereocenters. The zero-order valence-corrected chi connectivity index (χ0v) is 18.9. The van der Waals surface area contributed by atoms with Crippen LogP contribution >= 0.6 is 0 Å². The van der Waals surface area contributed by atoms with Crippen molar-refractivity contribution in [1.82, 2.24) is 9.55 Å². The minimum Gasteiger partial charge on any atom is -0.382 e. The van der Waals surface area contributed by atoms with Gasteiger partial charge in [0.25, 0.3) is 0 Å². The molecular formula is C25H35N5. The number of aliphatic imine (C=N–C) groups is 2. The minimum atomic E-state index is 0.520. The Morgan fingerprint density at radius 1 is 1.30 bits per heavy atom. The van der Waals surface area contributed by atoms with Crippen molar-refractivity contribution in [2.24, 2.45) is 15.7 Å². The molecule has 5 nitrogen and oxygen atoms in total. The summed E-state index contributed by atoms with van der Waals surface area (Å²) < 4.78 is 2.33. The van der Waals surface area contributed by atoms with Crippen LogP contribution in [-0.4, -0.2) is 21.1 Å². The van der Waals surface area contributed by atoms with E-state index < -0.39 is 0 Å². The van der Waals surface area contributed by atoms with Crippen LogP contribution in [0.15, 0.2) is 70.5 Å². The topological polar surface area (TPSA) is 68.6 Å². The lowest BCUT2D eigenvalue weighted by molar-refractivity contribution is 0.652. The number of aryl methyl sites for hydroxylation is 2. The molecule has 0 bridgehead atoms. The van der Waals surface area contributed by atoms with Crippen LogP contribution < -0.4 is 5.73 Å². The predicted molar refractivity (Wildman–Crippen MR) is 130 cm³/mol. The minimum absolute atomic E-state index is 0.520. The second kappa shape index (κ2) is 11.9. The number of hydrogen-bond donors (Lipinski definition) is 1. The smallest absolute Gasteiger partial charge is 0.145 e. The fraction of sp³-hybridized carbons (Fsp3) is 0.400. The molecule has 0 radical (unpaired) electrons. The number of amidine groups is 1. The first-order valence-electron chi connectivity index (χ1n) is 10.7. The SMILES string of the molecule is C=C(C)C.CCCn1c(CC/C=C\N=C(N)C2=NC(C)=CCC2)nc2ccccc21. The molecular weight excluding hydrogens is 370 g/mol. The Hall–Kier alpha value is -2.95. The molecule has 1 aromatic heterocycles. The van der Waals surface area contributed by atoms with E-state index in [0.717, 1.165) is 61.4 Å². The summed E-state index contributed by atoms with van der Waals surface area (Å²) in [7, 11) is 0. The number of benzene rings is 1. The molecule has 0 fully saturated rings. The van der Waals surface area contributed by atoms with E-state index in [-0.39, 0.29) is 0 Å². The van der Waals surface area contributed by atoms with Crippen LogP contribution in [0, 0.1) is 0 Å². The van der Waals surface area contributed by atoms with Crippen LogP contribution in [-0.2, 0) is 13.0 Å². The molecule has 0 atom stereocenters. The van der Waals surface area contributed by atoms with Gasteiger partial charge in [0.15, 0.2) is 0 Å². The van der Waals surface area contributed by atoms with Crippen LogP contribution in [0.5, 0.6) is 0 Å². The third-order valence-corrected chi connectivity index (χ3v) is 4.46. The van der Waals surface area contributed by atoms with Gasteiger partial charge in [-0.1, -0.05) is 36.8 Å². The van der Waals surface area contributed by atoms with Crippen LogP contribution in [0.3, 0.4) is 0 Å². The molecule has 0 aliphatic carbocycles. The van der Waals surface area contributed by atoms with Crippen molar-refractivity contribution in [2.75, 3.05) is 0 Å². The summed E-state index contributed by atoms with van der Waals surface area (Å²) in [6.07, 6.45) is 10.7. The van der Waals surface area contributed by atoms with Gasteiger partial charge in [-0.05, 0) is 58.6 Å². The number of fused-ring (bicyclic) bond motifs is 1. The van der Waals surface area contributed by atoms with Crippen LogP contribution in [0.1, 0.15) is 59.2 Å². The van der Waals surface area contributed by atoms with E-state index >= 15 is 0 Å². The van der Waals surface area contributed by atoms with Crippen LogP contribution in [0.4, 0.5) is 0 Å². The Kier molecular flexibility index (Phi) is 9.26. The lowest BCUT2D eigenvalue weighted by Gasteiger charge is -2.09. The fourth-order valence-electron chi connectivity index (χ4n) is 3.20. The van der Waals surface area contributed by atoms with Crippen molar-refractivity contribution < 1.29 is 0 Å². The van der Waals surface area contributed by atoms with Gasteiger partial charge in [0.2, 0.25) is 0 Å². The number of aromatic nitrogens is 2. The van der Waals surface area contributed by atoms with Gasteiger partial charge in [-0.3, -0.25) is 4.99 Å². The highest BCUT2D eigenvalue weighted by Crippen LogP contribution is 2.18. The average Bonchev–Trinajstić information content (AvgIpc) is 3.05. The summed E-state index contributed by atoms with van der Waals surface area (Å²) in [6.45, 7) is 12.7. The van der Waals surface area contributed by atoms with Gasteiger partial charge in [0.1, 0.15) is 11.7 Å². The van der Waals surface area contributed by atoms with Gasteiger partial charge >= 0.3 is 0 Å². The van der Waals surface area contributed by atoms with E-state index in [9.17, 15) is 0 Å². The summed E-state index contributed by atoms with van der Waals surface area (Å²) in [4.78, 5) is 13.6. The lowest BCUT2D eigenvalue weighted by atomic mass is 10.1. The Labute approximate surface area is 180 Å². The molecule has 0 saturated carbocycles. The van der Waals surface area contributed by atoms with E-state index in [0.29, 0.717) is 5.84 Å². The number of nitrogens with zero attached hydrogens (tertiary/aromatic N) is 4. The fourth-order valence-corrected chi connectivity index (χ4v) is 3.20. The maximum Gasteiger partial charge on any atom is 0.145 e. The third kappa shape index (κ3) is 7.14. The van der Waals surface area contributed by atoms with Crippen molar-refractivity contribution in [2.45, 2.75) is 66.3 Å².